The van der Waals surface area contributed by atoms with E-state index >= 15 is 0 Å². The molecule has 1 nitrogen and oxygen atoms in total. The van der Waals surface area contributed by atoms with Crippen LogP contribution in [0.3, 0.4) is 0 Å². The summed E-state index contributed by atoms with van der Waals surface area (Å²) in [5.74, 6) is 0.883. The summed E-state index contributed by atoms with van der Waals surface area (Å²) in [6.45, 7) is 4.69. The summed E-state index contributed by atoms with van der Waals surface area (Å²) in [5.41, 5.74) is 17.0. The summed E-state index contributed by atoms with van der Waals surface area (Å²) in [5, 5.41) is 0.416. The second-order valence-corrected chi connectivity index (χ2v) is 13.1. The Balaban J connectivity index is 1.24. The number of allylic oxidation sites excluding steroid dienone is 10. The topological polar surface area (TPSA) is 3.24 Å². The van der Waals surface area contributed by atoms with Gasteiger partial charge in [0.1, 0.15) is 0 Å². The molecule has 6 aliphatic rings. The SMILES string of the molecule is Cc1cc(-c2cccc3c2C(C)C2=C3CC3C=CC=CC3=C2)c2c(c1)N1c3c(cccc3SC3C=CC=CC31)[B]2. The van der Waals surface area contributed by atoms with Crippen LogP contribution in [-0.2, 0) is 0 Å². The van der Waals surface area contributed by atoms with Crippen molar-refractivity contribution in [3.63, 3.8) is 0 Å². The summed E-state index contributed by atoms with van der Waals surface area (Å²) in [6, 6.07) is 19.0. The lowest BCUT2D eigenvalue weighted by molar-refractivity contribution is 0.780. The van der Waals surface area contributed by atoms with Crippen LogP contribution in [0.25, 0.3) is 16.7 Å². The quantitative estimate of drug-likeness (QED) is 0.297. The molecule has 9 rings (SSSR count). The fraction of sp³-hybridized carbons (Fsp3) is 0.189. The third kappa shape index (κ3) is 3.13. The number of thioether (sulfide) groups is 1. The van der Waals surface area contributed by atoms with Gasteiger partial charge >= 0.3 is 0 Å². The van der Waals surface area contributed by atoms with Crippen molar-refractivity contribution in [2.45, 2.75) is 42.4 Å². The molecule has 1 radical (unpaired) electrons. The maximum Gasteiger partial charge on any atom is 0.197 e. The van der Waals surface area contributed by atoms with Crippen LogP contribution in [0, 0.1) is 12.8 Å². The van der Waals surface area contributed by atoms with Crippen LogP contribution < -0.4 is 15.8 Å². The molecule has 3 aromatic rings. The molecule has 0 bridgehead atoms. The van der Waals surface area contributed by atoms with E-state index in [1.165, 1.54) is 66.2 Å². The highest BCUT2D eigenvalue weighted by Crippen LogP contribution is 2.53. The number of para-hydroxylation sites is 1. The van der Waals surface area contributed by atoms with Crippen molar-refractivity contribution in [1.29, 1.82) is 0 Å². The molecular formula is C37H29BNS. The van der Waals surface area contributed by atoms with Crippen LogP contribution in [-0.4, -0.2) is 18.6 Å². The molecule has 0 fully saturated rings. The van der Waals surface area contributed by atoms with E-state index < -0.39 is 0 Å². The van der Waals surface area contributed by atoms with E-state index in [1.807, 2.05) is 11.8 Å². The van der Waals surface area contributed by atoms with E-state index in [1.54, 1.807) is 5.57 Å². The molecule has 0 saturated carbocycles. The van der Waals surface area contributed by atoms with E-state index in [4.69, 9.17) is 0 Å². The minimum atomic E-state index is 0.316. The fourth-order valence-corrected chi connectivity index (χ4v) is 9.19. The van der Waals surface area contributed by atoms with Gasteiger partial charge in [-0.05, 0) is 70.0 Å². The summed E-state index contributed by atoms with van der Waals surface area (Å²) < 4.78 is 0. The molecule has 0 spiro atoms. The van der Waals surface area contributed by atoms with Crippen LogP contribution in [0.15, 0.2) is 119 Å². The van der Waals surface area contributed by atoms with Gasteiger partial charge in [0.2, 0.25) is 0 Å². The lowest BCUT2D eigenvalue weighted by Gasteiger charge is -2.46. The standard InChI is InChI=1S/C37H29BNS/c1-21-17-29(26-12-7-11-25-28-20-24-10-4-3-9-23(24)19-27(28)22(2)35(25)26)36-32(18-21)39-31-14-5-6-15-33(31)40-34-16-8-13-30(38-36)37(34)39/h3-19,22,24,31,33H,20H2,1-2H3. The summed E-state index contributed by atoms with van der Waals surface area (Å²) in [4.78, 5) is 4.02. The molecule has 40 heavy (non-hydrogen) atoms. The zero-order valence-electron chi connectivity index (χ0n) is 22.8. The van der Waals surface area contributed by atoms with Gasteiger partial charge in [0, 0.05) is 28.1 Å². The van der Waals surface area contributed by atoms with Crippen molar-refractivity contribution >= 4 is 46.9 Å². The second kappa shape index (κ2) is 8.41. The number of hydrogen-bond acceptors (Lipinski definition) is 2. The highest BCUT2D eigenvalue weighted by Gasteiger charge is 2.40. The van der Waals surface area contributed by atoms with Crippen molar-refractivity contribution < 1.29 is 0 Å². The van der Waals surface area contributed by atoms with Crippen LogP contribution >= 0.6 is 11.8 Å². The summed E-state index contributed by atoms with van der Waals surface area (Å²) >= 11 is 2.00. The molecule has 4 unspecified atom stereocenters. The molecule has 3 aromatic carbocycles. The Kier molecular flexibility index (Phi) is 4.85. The molecule has 3 heteroatoms. The van der Waals surface area contributed by atoms with Gasteiger partial charge in [0.25, 0.3) is 0 Å². The Bertz CT molecular complexity index is 1830. The maximum absolute atomic E-state index is 2.64. The van der Waals surface area contributed by atoms with Crippen molar-refractivity contribution in [1.82, 2.24) is 0 Å². The normalized spacial score (nSPS) is 25.9. The monoisotopic (exact) mass is 530 g/mol. The van der Waals surface area contributed by atoms with Crippen LogP contribution in [0.4, 0.5) is 11.4 Å². The Morgan fingerprint density at radius 2 is 1.75 bits per heavy atom. The number of benzene rings is 3. The van der Waals surface area contributed by atoms with E-state index in [0.29, 0.717) is 23.1 Å². The highest BCUT2D eigenvalue weighted by molar-refractivity contribution is 8.00. The van der Waals surface area contributed by atoms with Gasteiger partial charge < -0.3 is 4.90 Å². The van der Waals surface area contributed by atoms with Gasteiger partial charge in [-0.15, -0.1) is 11.8 Å². The molecule has 2 aliphatic heterocycles. The first-order chi connectivity index (χ1) is 19.7. The number of hydrogen-bond donors (Lipinski definition) is 0. The smallest absolute Gasteiger partial charge is 0.197 e. The molecule has 0 aromatic heterocycles. The molecule has 2 heterocycles. The number of fused-ring (bicyclic) bond motifs is 7. The van der Waals surface area contributed by atoms with Gasteiger partial charge in [-0.25, -0.2) is 0 Å². The molecule has 0 amide bonds. The van der Waals surface area contributed by atoms with E-state index in [9.17, 15) is 0 Å². The fourth-order valence-electron chi connectivity index (χ4n) is 7.89. The Morgan fingerprint density at radius 1 is 0.900 bits per heavy atom. The largest absolute Gasteiger partial charge is 0.333 e. The average molecular weight is 531 g/mol. The lowest BCUT2D eigenvalue weighted by Crippen LogP contribution is -2.51. The number of nitrogens with zero attached hydrogens (tertiary/aromatic N) is 1. The van der Waals surface area contributed by atoms with Crippen LogP contribution in [0.1, 0.15) is 36.0 Å². The molecule has 191 valence electrons. The number of rotatable bonds is 1. The molecule has 0 saturated heterocycles. The molecule has 4 atom stereocenters. The predicted molar refractivity (Wildman–Crippen MR) is 172 cm³/mol. The van der Waals surface area contributed by atoms with Gasteiger partial charge in [0.05, 0.1) is 11.3 Å². The third-order valence-corrected chi connectivity index (χ3v) is 10.9. The second-order valence-electron chi connectivity index (χ2n) is 11.9. The van der Waals surface area contributed by atoms with E-state index in [2.05, 4.69) is 129 Å². The van der Waals surface area contributed by atoms with E-state index in [-0.39, 0.29) is 0 Å². The zero-order chi connectivity index (χ0) is 26.5. The lowest BCUT2D eigenvalue weighted by atomic mass is 9.57. The van der Waals surface area contributed by atoms with Crippen molar-refractivity contribution in [3.05, 3.63) is 131 Å². The van der Waals surface area contributed by atoms with Crippen molar-refractivity contribution in [2.75, 3.05) is 4.90 Å². The maximum atomic E-state index is 2.64. The zero-order valence-corrected chi connectivity index (χ0v) is 23.6. The first-order valence-electron chi connectivity index (χ1n) is 14.5. The van der Waals surface area contributed by atoms with E-state index in [0.717, 1.165) is 6.42 Å². The summed E-state index contributed by atoms with van der Waals surface area (Å²) in [7, 11) is 2.46. The van der Waals surface area contributed by atoms with Crippen molar-refractivity contribution in [2.24, 2.45) is 5.92 Å². The number of anilines is 2. The average Bonchev–Trinajstić information content (AvgIpc) is 3.26. The predicted octanol–water partition coefficient (Wildman–Crippen LogP) is 7.68. The Hall–Kier alpha value is -3.69. The summed E-state index contributed by atoms with van der Waals surface area (Å²) in [6.07, 6.45) is 21.9. The van der Waals surface area contributed by atoms with Gasteiger partial charge in [0.15, 0.2) is 7.28 Å². The van der Waals surface area contributed by atoms with Gasteiger partial charge in [-0.2, -0.15) is 0 Å². The van der Waals surface area contributed by atoms with Gasteiger partial charge in [-0.3, -0.25) is 0 Å². The Morgan fingerprint density at radius 3 is 2.70 bits per heavy atom. The molecule has 4 aliphatic carbocycles. The number of aryl methyl sites for hydroxylation is 1. The van der Waals surface area contributed by atoms with Gasteiger partial charge in [-0.1, -0.05) is 109 Å². The van der Waals surface area contributed by atoms with Crippen molar-refractivity contribution in [3.8, 4) is 11.1 Å². The minimum Gasteiger partial charge on any atom is -0.333 e. The molecule has 0 N–H and O–H groups in total. The molecular weight excluding hydrogens is 501 g/mol. The first-order valence-corrected chi connectivity index (χ1v) is 15.4. The Labute approximate surface area is 241 Å². The third-order valence-electron chi connectivity index (χ3n) is 9.64. The minimum absolute atomic E-state index is 0.316. The van der Waals surface area contributed by atoms with Crippen LogP contribution in [0.5, 0.6) is 0 Å². The highest BCUT2D eigenvalue weighted by atomic mass is 32.2. The first kappa shape index (κ1) is 23.1. The van der Waals surface area contributed by atoms with Crippen LogP contribution in [0.2, 0.25) is 0 Å².